The smallest absolute Gasteiger partial charge is 0.342 e. The molecular weight excluding hydrogens is 375 g/mol. The number of hydrogen-bond acceptors (Lipinski definition) is 8. The summed E-state index contributed by atoms with van der Waals surface area (Å²) in [5, 5.41) is 49.4. The Kier molecular flexibility index (Phi) is 6.55. The predicted molar refractivity (Wildman–Crippen MR) is 95.1 cm³/mol. The van der Waals surface area contributed by atoms with Crippen molar-refractivity contribution in [3.05, 3.63) is 41.2 Å². The number of phenolic OH excluding ortho intramolecular Hbond substituents is 2. The summed E-state index contributed by atoms with van der Waals surface area (Å²) >= 11 is 0. The van der Waals surface area contributed by atoms with Gasteiger partial charge >= 0.3 is 5.97 Å². The van der Waals surface area contributed by atoms with Crippen LogP contribution in [0.4, 0.5) is 4.39 Å². The quantitative estimate of drug-likeness (QED) is 0.405. The number of esters is 1. The van der Waals surface area contributed by atoms with Crippen molar-refractivity contribution in [2.24, 2.45) is 5.92 Å². The van der Waals surface area contributed by atoms with Crippen LogP contribution in [-0.2, 0) is 9.53 Å². The Balaban J connectivity index is 2.59. The van der Waals surface area contributed by atoms with E-state index in [2.05, 4.69) is 0 Å². The highest BCUT2D eigenvalue weighted by atomic mass is 19.1. The van der Waals surface area contributed by atoms with Crippen molar-refractivity contribution in [1.82, 2.24) is 0 Å². The molecule has 0 saturated heterocycles. The van der Waals surface area contributed by atoms with E-state index in [-0.39, 0.29) is 11.1 Å². The second-order valence-electron chi connectivity index (χ2n) is 6.54. The number of carbonyl (C=O) groups is 2. The number of aliphatic hydroxyl groups is 3. The molecule has 1 aromatic rings. The molecule has 0 radical (unpaired) electrons. The first-order chi connectivity index (χ1) is 13.0. The second-order valence-corrected chi connectivity index (χ2v) is 6.54. The van der Waals surface area contributed by atoms with E-state index in [4.69, 9.17) is 4.74 Å². The average Bonchev–Trinajstić information content (AvgIpc) is 2.62. The van der Waals surface area contributed by atoms with E-state index >= 15 is 0 Å². The predicted octanol–water partition coefficient (Wildman–Crippen LogP) is 0.811. The van der Waals surface area contributed by atoms with Crippen molar-refractivity contribution >= 4 is 17.8 Å². The van der Waals surface area contributed by atoms with Gasteiger partial charge in [-0.15, -0.1) is 0 Å². The SMILES string of the molecule is C[C@@H]1OC(=O)c2c(O)cc(O)cc2/C=C/[C@H](O)[C@H](O)[C@H](O)C(=O)/C=C(/F)[C@@H]1C. The fourth-order valence-corrected chi connectivity index (χ4v) is 2.57. The van der Waals surface area contributed by atoms with Gasteiger partial charge in [-0.1, -0.05) is 19.1 Å². The van der Waals surface area contributed by atoms with Gasteiger partial charge in [-0.25, -0.2) is 9.18 Å². The van der Waals surface area contributed by atoms with Gasteiger partial charge in [0.2, 0.25) is 0 Å². The third kappa shape index (κ3) is 4.56. The summed E-state index contributed by atoms with van der Waals surface area (Å²) in [5.74, 6) is -5.29. The standard InChI is InChI=1S/C19H21FO8/c1-8-9(2)28-19(27)16-10(5-11(21)6-14(16)23)3-4-13(22)17(25)18(26)15(24)7-12(8)20/h3-9,13,17-18,21-23,25-26H,1-2H3/b4-3+,12-7+/t8-,9+,13+,17+,18-/m1/s1. The molecule has 0 spiro atoms. The van der Waals surface area contributed by atoms with Crippen molar-refractivity contribution in [2.75, 3.05) is 0 Å². The van der Waals surface area contributed by atoms with E-state index in [1.807, 2.05) is 0 Å². The first-order valence-corrected chi connectivity index (χ1v) is 8.43. The monoisotopic (exact) mass is 396 g/mol. The van der Waals surface area contributed by atoms with E-state index in [1.54, 1.807) is 0 Å². The zero-order valence-electron chi connectivity index (χ0n) is 15.1. The summed E-state index contributed by atoms with van der Waals surface area (Å²) in [7, 11) is 0. The number of ketones is 1. The van der Waals surface area contributed by atoms with Crippen LogP contribution in [0.2, 0.25) is 0 Å². The third-order valence-electron chi connectivity index (χ3n) is 4.49. The van der Waals surface area contributed by atoms with E-state index < -0.39 is 59.4 Å². The molecule has 0 aromatic heterocycles. The molecule has 0 unspecified atom stereocenters. The van der Waals surface area contributed by atoms with Crippen LogP contribution in [-0.4, -0.2) is 61.7 Å². The molecular formula is C19H21FO8. The Hall–Kier alpha value is -2.75. The summed E-state index contributed by atoms with van der Waals surface area (Å²) < 4.78 is 19.5. The number of ether oxygens (including phenoxy) is 1. The lowest BCUT2D eigenvalue weighted by molar-refractivity contribution is -0.131. The number of hydrogen-bond donors (Lipinski definition) is 5. The van der Waals surface area contributed by atoms with Crippen molar-refractivity contribution in [1.29, 1.82) is 0 Å². The maximum Gasteiger partial charge on any atom is 0.342 e. The molecule has 1 aliphatic heterocycles. The lowest BCUT2D eigenvalue weighted by Gasteiger charge is -2.22. The number of aromatic hydroxyl groups is 2. The Morgan fingerprint density at radius 3 is 2.36 bits per heavy atom. The molecule has 0 amide bonds. The van der Waals surface area contributed by atoms with Crippen LogP contribution >= 0.6 is 0 Å². The van der Waals surface area contributed by atoms with Crippen LogP contribution in [0.5, 0.6) is 11.5 Å². The number of aliphatic hydroxyl groups excluding tert-OH is 3. The molecule has 152 valence electrons. The summed E-state index contributed by atoms with van der Waals surface area (Å²) in [6.07, 6.45) is -4.42. The largest absolute Gasteiger partial charge is 0.508 e. The average molecular weight is 396 g/mol. The van der Waals surface area contributed by atoms with E-state index in [0.717, 1.165) is 24.3 Å². The van der Waals surface area contributed by atoms with Gasteiger partial charge in [-0.3, -0.25) is 4.79 Å². The first kappa shape index (κ1) is 21.5. The Bertz CT molecular complexity index is 831. The van der Waals surface area contributed by atoms with Gasteiger partial charge in [0, 0.05) is 18.1 Å². The number of rotatable bonds is 0. The van der Waals surface area contributed by atoms with Gasteiger partial charge in [0.15, 0.2) is 5.78 Å². The maximum absolute atomic E-state index is 14.3. The van der Waals surface area contributed by atoms with E-state index in [0.29, 0.717) is 6.08 Å². The van der Waals surface area contributed by atoms with Crippen LogP contribution in [0.3, 0.4) is 0 Å². The molecule has 8 nitrogen and oxygen atoms in total. The van der Waals surface area contributed by atoms with Crippen LogP contribution in [0.15, 0.2) is 30.1 Å². The molecule has 5 N–H and O–H groups in total. The molecule has 9 heteroatoms. The zero-order chi connectivity index (χ0) is 21.2. The molecule has 1 heterocycles. The van der Waals surface area contributed by atoms with Crippen LogP contribution < -0.4 is 0 Å². The normalized spacial score (nSPS) is 32.5. The van der Waals surface area contributed by atoms with Crippen LogP contribution in [0.25, 0.3) is 6.08 Å². The highest BCUT2D eigenvalue weighted by molar-refractivity contribution is 5.97. The Morgan fingerprint density at radius 1 is 1.07 bits per heavy atom. The van der Waals surface area contributed by atoms with Crippen molar-refractivity contribution in [2.45, 2.75) is 38.3 Å². The van der Waals surface area contributed by atoms with Gasteiger partial charge in [-0.05, 0) is 18.6 Å². The fourth-order valence-electron chi connectivity index (χ4n) is 2.57. The number of phenols is 2. The third-order valence-corrected chi connectivity index (χ3v) is 4.49. The molecule has 1 aromatic carbocycles. The van der Waals surface area contributed by atoms with Gasteiger partial charge in [0.1, 0.15) is 47.3 Å². The molecule has 1 aliphatic rings. The minimum Gasteiger partial charge on any atom is -0.508 e. The minimum atomic E-state index is -2.10. The van der Waals surface area contributed by atoms with Crippen LogP contribution in [0, 0.1) is 5.92 Å². The highest BCUT2D eigenvalue weighted by Crippen LogP contribution is 2.30. The number of halogens is 1. The minimum absolute atomic E-state index is 0.0671. The zero-order valence-corrected chi connectivity index (χ0v) is 15.1. The molecule has 0 bridgehead atoms. The number of carbonyl (C=O) groups excluding carboxylic acids is 2. The summed E-state index contributed by atoms with van der Waals surface area (Å²) in [6.45, 7) is 2.70. The molecule has 0 fully saturated rings. The molecule has 0 aliphatic carbocycles. The summed E-state index contributed by atoms with van der Waals surface area (Å²) in [4.78, 5) is 24.4. The van der Waals surface area contributed by atoms with Gasteiger partial charge in [0.05, 0.1) is 0 Å². The van der Waals surface area contributed by atoms with E-state index in [1.165, 1.54) is 13.8 Å². The lowest BCUT2D eigenvalue weighted by Crippen LogP contribution is -2.41. The van der Waals surface area contributed by atoms with Gasteiger partial charge in [0.25, 0.3) is 0 Å². The van der Waals surface area contributed by atoms with Crippen molar-refractivity contribution < 1.29 is 44.2 Å². The molecule has 2 rings (SSSR count). The topological polar surface area (TPSA) is 145 Å². The lowest BCUT2D eigenvalue weighted by atomic mass is 9.98. The Labute approximate surface area is 159 Å². The second kappa shape index (κ2) is 8.51. The van der Waals surface area contributed by atoms with E-state index in [9.17, 15) is 39.5 Å². The summed E-state index contributed by atoms with van der Waals surface area (Å²) in [6, 6.07) is 1.99. The fraction of sp³-hybridized carbons (Fsp3) is 0.368. The summed E-state index contributed by atoms with van der Waals surface area (Å²) in [5.41, 5.74) is -0.421. The van der Waals surface area contributed by atoms with Gasteiger partial charge < -0.3 is 30.3 Å². The highest BCUT2D eigenvalue weighted by Gasteiger charge is 2.31. The number of fused-ring (bicyclic) bond motifs is 1. The number of cyclic esters (lactones) is 1. The van der Waals surface area contributed by atoms with Gasteiger partial charge in [-0.2, -0.15) is 0 Å². The first-order valence-electron chi connectivity index (χ1n) is 8.43. The van der Waals surface area contributed by atoms with Crippen LogP contribution in [0.1, 0.15) is 29.8 Å². The maximum atomic E-state index is 14.3. The molecule has 5 atom stereocenters. The van der Waals surface area contributed by atoms with Crippen molar-refractivity contribution in [3.8, 4) is 11.5 Å². The number of benzene rings is 1. The Morgan fingerprint density at radius 2 is 1.71 bits per heavy atom. The van der Waals surface area contributed by atoms with Crippen molar-refractivity contribution in [3.63, 3.8) is 0 Å². The molecule has 0 saturated carbocycles. The molecule has 28 heavy (non-hydrogen) atoms.